The molecule has 3 aromatic rings. The fraction of sp³-hybridized carbons (Fsp3) is 0. The van der Waals surface area contributed by atoms with Crippen molar-refractivity contribution in [2.24, 2.45) is 0 Å². The van der Waals surface area contributed by atoms with E-state index >= 15 is 0 Å². The summed E-state index contributed by atoms with van der Waals surface area (Å²) in [7, 11) is -1.78. The van der Waals surface area contributed by atoms with Crippen LogP contribution in [-0.2, 0) is 10.8 Å². The summed E-state index contributed by atoms with van der Waals surface area (Å²) < 4.78 is 26.3. The average Bonchev–Trinajstić information content (AvgIpc) is 2.63. The molecular weight excluding hydrogens is 307 g/mol. The Morgan fingerprint density at radius 1 is 0.739 bits per heavy atom. The zero-order chi connectivity index (χ0) is 16.1. The molecule has 3 aromatic carbocycles. The van der Waals surface area contributed by atoms with Crippen molar-refractivity contribution in [3.8, 4) is 11.1 Å². The normalized spacial score (nSPS) is 12.8. The SMILES string of the molecule is O=S(/C(F)=C/c1ccc(-c2ccccc2)cc1)c1ccccc1. The maximum absolute atomic E-state index is 14.2. The van der Waals surface area contributed by atoms with Gasteiger partial charge in [0.05, 0.1) is 0 Å². The molecule has 3 heteroatoms. The van der Waals surface area contributed by atoms with Crippen LogP contribution in [0.4, 0.5) is 4.39 Å². The van der Waals surface area contributed by atoms with Gasteiger partial charge >= 0.3 is 0 Å². The minimum Gasteiger partial charge on any atom is -0.247 e. The summed E-state index contributed by atoms with van der Waals surface area (Å²) in [5, 5.41) is -0.649. The van der Waals surface area contributed by atoms with E-state index in [2.05, 4.69) is 0 Å². The second-order valence-electron chi connectivity index (χ2n) is 5.02. The van der Waals surface area contributed by atoms with E-state index in [1.165, 1.54) is 6.08 Å². The lowest BCUT2D eigenvalue weighted by Gasteiger charge is -2.03. The standard InChI is InChI=1S/C20H15FOS/c21-20(23(22)19-9-5-2-6-10-19)15-16-11-13-18(14-12-16)17-7-3-1-4-8-17/h1-15H/b20-15+. The number of hydrogen-bond donors (Lipinski definition) is 0. The lowest BCUT2D eigenvalue weighted by molar-refractivity contribution is 0.653. The van der Waals surface area contributed by atoms with Gasteiger partial charge in [-0.2, -0.15) is 4.39 Å². The highest BCUT2D eigenvalue weighted by Crippen LogP contribution is 2.22. The third-order valence-electron chi connectivity index (χ3n) is 3.43. The highest BCUT2D eigenvalue weighted by Gasteiger charge is 2.09. The molecule has 1 atom stereocenters. The van der Waals surface area contributed by atoms with E-state index in [-0.39, 0.29) is 0 Å². The molecule has 0 aliphatic heterocycles. The maximum atomic E-state index is 14.2. The van der Waals surface area contributed by atoms with Crippen molar-refractivity contribution in [3.63, 3.8) is 0 Å². The first-order valence-corrected chi connectivity index (χ1v) is 8.38. The summed E-state index contributed by atoms with van der Waals surface area (Å²) >= 11 is 0. The van der Waals surface area contributed by atoms with Crippen LogP contribution >= 0.6 is 0 Å². The van der Waals surface area contributed by atoms with E-state index in [1.807, 2.05) is 60.7 Å². The van der Waals surface area contributed by atoms with E-state index < -0.39 is 16.0 Å². The molecule has 0 aromatic heterocycles. The predicted molar refractivity (Wildman–Crippen MR) is 93.8 cm³/mol. The minimum absolute atomic E-state index is 0.460. The molecule has 0 N–H and O–H groups in total. The van der Waals surface area contributed by atoms with Gasteiger partial charge in [-0.3, -0.25) is 0 Å². The molecule has 1 unspecified atom stereocenters. The van der Waals surface area contributed by atoms with Gasteiger partial charge in [-0.15, -0.1) is 0 Å². The Labute approximate surface area is 137 Å². The molecule has 0 radical (unpaired) electrons. The van der Waals surface area contributed by atoms with Crippen LogP contribution in [0, 0.1) is 0 Å². The highest BCUT2D eigenvalue weighted by atomic mass is 32.2. The van der Waals surface area contributed by atoms with Gasteiger partial charge in [0.15, 0.2) is 5.16 Å². The molecule has 0 saturated heterocycles. The molecule has 0 spiro atoms. The monoisotopic (exact) mass is 322 g/mol. The number of benzene rings is 3. The maximum Gasteiger partial charge on any atom is 0.192 e. The van der Waals surface area contributed by atoms with E-state index in [0.717, 1.165) is 11.1 Å². The van der Waals surface area contributed by atoms with Crippen LogP contribution in [0.3, 0.4) is 0 Å². The number of rotatable bonds is 4. The zero-order valence-corrected chi connectivity index (χ0v) is 13.2. The van der Waals surface area contributed by atoms with Crippen molar-refractivity contribution in [2.45, 2.75) is 4.90 Å². The van der Waals surface area contributed by atoms with Crippen LogP contribution in [0.25, 0.3) is 17.2 Å². The van der Waals surface area contributed by atoms with Crippen LogP contribution in [-0.4, -0.2) is 4.21 Å². The quantitative estimate of drug-likeness (QED) is 0.626. The molecule has 0 aliphatic carbocycles. The van der Waals surface area contributed by atoms with Gasteiger partial charge < -0.3 is 0 Å². The molecule has 0 heterocycles. The minimum atomic E-state index is -1.78. The van der Waals surface area contributed by atoms with E-state index in [1.54, 1.807) is 24.3 Å². The third kappa shape index (κ3) is 3.82. The van der Waals surface area contributed by atoms with Crippen molar-refractivity contribution in [1.82, 2.24) is 0 Å². The van der Waals surface area contributed by atoms with Gasteiger partial charge in [0.25, 0.3) is 0 Å². The smallest absolute Gasteiger partial charge is 0.192 e. The van der Waals surface area contributed by atoms with E-state index in [4.69, 9.17) is 0 Å². The molecule has 0 aliphatic rings. The molecule has 3 rings (SSSR count). The first kappa shape index (κ1) is 15.4. The Balaban J connectivity index is 1.81. The molecule has 23 heavy (non-hydrogen) atoms. The Hall–Kier alpha value is -2.52. The second-order valence-corrected chi connectivity index (χ2v) is 6.42. The molecule has 0 bridgehead atoms. The summed E-state index contributed by atoms with van der Waals surface area (Å²) in [4.78, 5) is 0.460. The average molecular weight is 322 g/mol. The molecule has 1 nitrogen and oxygen atoms in total. The summed E-state index contributed by atoms with van der Waals surface area (Å²) in [6.07, 6.45) is 1.32. The van der Waals surface area contributed by atoms with Crippen molar-refractivity contribution in [2.75, 3.05) is 0 Å². The topological polar surface area (TPSA) is 17.1 Å². The zero-order valence-electron chi connectivity index (χ0n) is 12.4. The molecule has 0 fully saturated rings. The first-order chi connectivity index (χ1) is 11.2. The van der Waals surface area contributed by atoms with Gasteiger partial charge in [0, 0.05) is 4.90 Å². The number of halogens is 1. The Bertz CT molecular complexity index is 825. The summed E-state index contributed by atoms with van der Waals surface area (Å²) in [5.41, 5.74) is 2.86. The fourth-order valence-electron chi connectivity index (χ4n) is 2.24. The van der Waals surface area contributed by atoms with E-state index in [9.17, 15) is 8.60 Å². The summed E-state index contributed by atoms with van der Waals surface area (Å²) in [6, 6.07) is 26.1. The van der Waals surface area contributed by atoms with Crippen LogP contribution in [0.2, 0.25) is 0 Å². The first-order valence-electron chi connectivity index (χ1n) is 7.23. The van der Waals surface area contributed by atoms with Crippen LogP contribution in [0.15, 0.2) is 95.0 Å². The molecule has 0 saturated carbocycles. The fourth-order valence-corrected chi connectivity index (χ4v) is 3.12. The van der Waals surface area contributed by atoms with Gasteiger partial charge in [-0.1, -0.05) is 72.8 Å². The predicted octanol–water partition coefficient (Wildman–Crippen LogP) is 5.43. The van der Waals surface area contributed by atoms with Crippen LogP contribution in [0.5, 0.6) is 0 Å². The molecular formula is C20H15FOS. The van der Waals surface area contributed by atoms with Gasteiger partial charge in [-0.05, 0) is 34.9 Å². The van der Waals surface area contributed by atoms with Crippen molar-refractivity contribution >= 4 is 16.9 Å². The van der Waals surface area contributed by atoms with Gasteiger partial charge in [0.1, 0.15) is 10.8 Å². The lowest BCUT2D eigenvalue weighted by atomic mass is 10.0. The van der Waals surface area contributed by atoms with E-state index in [0.29, 0.717) is 10.5 Å². The Morgan fingerprint density at radius 3 is 1.87 bits per heavy atom. The van der Waals surface area contributed by atoms with Gasteiger partial charge in [0.2, 0.25) is 0 Å². The third-order valence-corrected chi connectivity index (χ3v) is 4.60. The Morgan fingerprint density at radius 2 is 1.26 bits per heavy atom. The lowest BCUT2D eigenvalue weighted by Crippen LogP contribution is -1.91. The van der Waals surface area contributed by atoms with Crippen LogP contribution < -0.4 is 0 Å². The largest absolute Gasteiger partial charge is 0.247 e. The van der Waals surface area contributed by atoms with Gasteiger partial charge in [-0.25, -0.2) is 4.21 Å². The number of hydrogen-bond acceptors (Lipinski definition) is 1. The summed E-state index contributed by atoms with van der Waals surface area (Å²) in [6.45, 7) is 0. The molecule has 0 amide bonds. The van der Waals surface area contributed by atoms with Crippen LogP contribution in [0.1, 0.15) is 5.56 Å². The van der Waals surface area contributed by atoms with Crippen molar-refractivity contribution in [1.29, 1.82) is 0 Å². The van der Waals surface area contributed by atoms with Crippen molar-refractivity contribution in [3.05, 3.63) is 95.7 Å². The highest BCUT2D eigenvalue weighted by molar-refractivity contribution is 7.89. The summed E-state index contributed by atoms with van der Waals surface area (Å²) in [5.74, 6) is 0. The molecule has 114 valence electrons. The Kier molecular flexibility index (Phi) is 4.79. The second kappa shape index (κ2) is 7.16. The van der Waals surface area contributed by atoms with Crippen molar-refractivity contribution < 1.29 is 8.60 Å².